The average molecular weight is 359 g/mol. The predicted octanol–water partition coefficient (Wildman–Crippen LogP) is 3.27. The van der Waals surface area contributed by atoms with E-state index in [1.807, 2.05) is 24.1 Å². The average Bonchev–Trinajstić information content (AvgIpc) is 2.86. The number of nitrogens with zero attached hydrogens (tertiary/aromatic N) is 1. The minimum absolute atomic E-state index is 0. The molecule has 0 saturated carbocycles. The van der Waals surface area contributed by atoms with Gasteiger partial charge in [-0.05, 0) is 44.7 Å². The maximum Gasteiger partial charge on any atom is 0.263 e. The molecule has 0 aliphatic carbocycles. The van der Waals surface area contributed by atoms with E-state index in [4.69, 9.17) is 16.3 Å². The highest BCUT2D eigenvalue weighted by atomic mass is 35.5. The number of rotatable bonds is 4. The summed E-state index contributed by atoms with van der Waals surface area (Å²) in [7, 11) is 1.89. The van der Waals surface area contributed by atoms with Gasteiger partial charge >= 0.3 is 0 Å². The number of carbonyl (C=O) groups is 1. The second-order valence-corrected chi connectivity index (χ2v) is 6.81. The standard InChI is InChI=1S/C17H23ClN2O2.ClH/c1-11(22-16-6-4-3-5-15(16)18)17(21)20(2)14-9-12-7-8-13(10-14)19-12;/h3-6,11-14,19H,7-10H2,1-2H3;1H. The fraction of sp³-hybridized carbons (Fsp3) is 0.588. The first-order valence-corrected chi connectivity index (χ1v) is 8.36. The lowest BCUT2D eigenvalue weighted by molar-refractivity contribution is -0.139. The summed E-state index contributed by atoms with van der Waals surface area (Å²) in [5.41, 5.74) is 0. The molecule has 0 radical (unpaired) electrons. The van der Waals surface area contributed by atoms with Crippen molar-refractivity contribution in [1.29, 1.82) is 0 Å². The molecule has 2 aliphatic heterocycles. The molecular weight excluding hydrogens is 335 g/mol. The first-order valence-electron chi connectivity index (χ1n) is 7.98. The Morgan fingerprint density at radius 2 is 1.91 bits per heavy atom. The van der Waals surface area contributed by atoms with Crippen LogP contribution in [0.4, 0.5) is 0 Å². The van der Waals surface area contributed by atoms with Crippen molar-refractivity contribution in [2.75, 3.05) is 7.05 Å². The van der Waals surface area contributed by atoms with Gasteiger partial charge in [0.25, 0.3) is 5.91 Å². The molecule has 2 heterocycles. The molecule has 1 aromatic carbocycles. The van der Waals surface area contributed by atoms with Crippen LogP contribution in [0.2, 0.25) is 5.02 Å². The molecule has 6 heteroatoms. The number of piperidine rings is 1. The number of likely N-dealkylation sites (N-methyl/N-ethyl adjacent to an activating group) is 1. The highest BCUT2D eigenvalue weighted by Gasteiger charge is 2.37. The second-order valence-electron chi connectivity index (χ2n) is 6.40. The maximum absolute atomic E-state index is 12.6. The van der Waals surface area contributed by atoms with Crippen molar-refractivity contribution in [3.8, 4) is 5.75 Å². The summed E-state index contributed by atoms with van der Waals surface area (Å²) in [5, 5.41) is 4.14. The largest absolute Gasteiger partial charge is 0.479 e. The van der Waals surface area contributed by atoms with E-state index >= 15 is 0 Å². The third-order valence-corrected chi connectivity index (χ3v) is 5.14. The van der Waals surface area contributed by atoms with Crippen molar-refractivity contribution < 1.29 is 9.53 Å². The van der Waals surface area contributed by atoms with Crippen molar-refractivity contribution >= 4 is 29.9 Å². The van der Waals surface area contributed by atoms with Crippen molar-refractivity contribution in [2.24, 2.45) is 0 Å². The number of carbonyl (C=O) groups excluding carboxylic acids is 1. The Morgan fingerprint density at radius 1 is 1.30 bits per heavy atom. The second kappa shape index (κ2) is 7.73. The van der Waals surface area contributed by atoms with Gasteiger partial charge < -0.3 is 15.0 Å². The molecule has 3 atom stereocenters. The lowest BCUT2D eigenvalue weighted by Gasteiger charge is -2.36. The van der Waals surface area contributed by atoms with Crippen LogP contribution in [-0.2, 0) is 4.79 Å². The normalized spacial score (nSPS) is 27.0. The number of fused-ring (bicyclic) bond motifs is 2. The molecule has 1 aromatic rings. The number of hydrogen-bond donors (Lipinski definition) is 1. The fourth-order valence-electron chi connectivity index (χ4n) is 3.59. The summed E-state index contributed by atoms with van der Waals surface area (Å²) >= 11 is 6.09. The molecule has 2 fully saturated rings. The molecule has 2 aliphatic rings. The molecule has 1 N–H and O–H groups in total. The molecule has 3 unspecified atom stereocenters. The molecule has 23 heavy (non-hydrogen) atoms. The smallest absolute Gasteiger partial charge is 0.263 e. The fourth-order valence-corrected chi connectivity index (χ4v) is 3.77. The predicted molar refractivity (Wildman–Crippen MR) is 94.5 cm³/mol. The number of ether oxygens (including phenoxy) is 1. The number of benzene rings is 1. The molecule has 0 aromatic heterocycles. The van der Waals surface area contributed by atoms with E-state index in [2.05, 4.69) is 5.32 Å². The van der Waals surface area contributed by atoms with Gasteiger partial charge in [0.15, 0.2) is 6.10 Å². The van der Waals surface area contributed by atoms with Gasteiger partial charge in [-0.3, -0.25) is 4.79 Å². The molecule has 4 nitrogen and oxygen atoms in total. The summed E-state index contributed by atoms with van der Waals surface area (Å²) in [4.78, 5) is 14.5. The minimum atomic E-state index is -0.530. The quantitative estimate of drug-likeness (QED) is 0.897. The van der Waals surface area contributed by atoms with Crippen LogP contribution in [0.1, 0.15) is 32.6 Å². The van der Waals surface area contributed by atoms with Gasteiger partial charge in [-0.15, -0.1) is 12.4 Å². The number of amides is 1. The van der Waals surface area contributed by atoms with Gasteiger partial charge in [0.2, 0.25) is 0 Å². The third kappa shape index (κ3) is 4.11. The number of halogens is 2. The van der Waals surface area contributed by atoms with Crippen LogP contribution in [-0.4, -0.2) is 42.1 Å². The van der Waals surface area contributed by atoms with Gasteiger partial charge in [-0.1, -0.05) is 23.7 Å². The van der Waals surface area contributed by atoms with Crippen molar-refractivity contribution in [3.05, 3.63) is 29.3 Å². The van der Waals surface area contributed by atoms with Gasteiger partial charge in [0, 0.05) is 25.2 Å². The van der Waals surface area contributed by atoms with E-state index in [-0.39, 0.29) is 18.3 Å². The molecule has 3 rings (SSSR count). The number of hydrogen-bond acceptors (Lipinski definition) is 3. The van der Waals surface area contributed by atoms with Gasteiger partial charge in [-0.25, -0.2) is 0 Å². The Morgan fingerprint density at radius 3 is 2.52 bits per heavy atom. The Hall–Kier alpha value is -0.970. The zero-order valence-corrected chi connectivity index (χ0v) is 15.1. The molecule has 0 spiro atoms. The van der Waals surface area contributed by atoms with Gasteiger partial charge in [-0.2, -0.15) is 0 Å². The topological polar surface area (TPSA) is 41.6 Å². The van der Waals surface area contributed by atoms with Crippen LogP contribution in [0.25, 0.3) is 0 Å². The SMILES string of the molecule is CC(Oc1ccccc1Cl)C(=O)N(C)C1CC2CCC(C1)N2.Cl. The molecule has 1 amide bonds. The molecule has 2 bridgehead atoms. The summed E-state index contributed by atoms with van der Waals surface area (Å²) in [5.74, 6) is 0.579. The third-order valence-electron chi connectivity index (χ3n) is 4.83. The van der Waals surface area contributed by atoms with E-state index in [0.717, 1.165) is 12.8 Å². The summed E-state index contributed by atoms with van der Waals surface area (Å²) in [6.45, 7) is 1.79. The van der Waals surface area contributed by atoms with Crippen LogP contribution in [0.5, 0.6) is 5.75 Å². The van der Waals surface area contributed by atoms with Crippen molar-refractivity contribution in [3.63, 3.8) is 0 Å². The zero-order chi connectivity index (χ0) is 15.7. The van der Waals surface area contributed by atoms with Crippen LogP contribution in [0.15, 0.2) is 24.3 Å². The van der Waals surface area contributed by atoms with Crippen LogP contribution >= 0.6 is 24.0 Å². The Balaban J connectivity index is 0.00000192. The number of nitrogens with one attached hydrogen (secondary N) is 1. The van der Waals surface area contributed by atoms with Crippen molar-refractivity contribution in [2.45, 2.75) is 56.8 Å². The Kier molecular flexibility index (Phi) is 6.18. The highest BCUT2D eigenvalue weighted by Crippen LogP contribution is 2.30. The summed E-state index contributed by atoms with van der Waals surface area (Å²) in [6, 6.07) is 8.70. The lowest BCUT2D eigenvalue weighted by atomic mass is 9.98. The Bertz CT molecular complexity index is 543. The van der Waals surface area contributed by atoms with Gasteiger partial charge in [0.1, 0.15) is 5.75 Å². The van der Waals surface area contributed by atoms with Crippen molar-refractivity contribution in [1.82, 2.24) is 10.2 Å². The van der Waals surface area contributed by atoms with Gasteiger partial charge in [0.05, 0.1) is 5.02 Å². The van der Waals surface area contributed by atoms with Crippen LogP contribution in [0.3, 0.4) is 0 Å². The number of para-hydroxylation sites is 1. The van der Waals surface area contributed by atoms with E-state index < -0.39 is 6.10 Å². The minimum Gasteiger partial charge on any atom is -0.479 e. The van der Waals surface area contributed by atoms with E-state index in [0.29, 0.717) is 28.9 Å². The Labute approximate surface area is 148 Å². The van der Waals surface area contributed by atoms with Crippen LogP contribution < -0.4 is 10.1 Å². The maximum atomic E-state index is 12.6. The van der Waals surface area contributed by atoms with E-state index in [1.54, 1.807) is 19.1 Å². The van der Waals surface area contributed by atoms with E-state index in [9.17, 15) is 4.79 Å². The first-order chi connectivity index (χ1) is 10.5. The summed E-state index contributed by atoms with van der Waals surface area (Å²) in [6.07, 6.45) is 4.01. The molecule has 2 saturated heterocycles. The zero-order valence-electron chi connectivity index (χ0n) is 13.5. The molecule has 128 valence electrons. The highest BCUT2D eigenvalue weighted by molar-refractivity contribution is 6.32. The van der Waals surface area contributed by atoms with Crippen LogP contribution in [0, 0.1) is 0 Å². The van der Waals surface area contributed by atoms with E-state index in [1.165, 1.54) is 12.8 Å². The first kappa shape index (κ1) is 18.4. The molecular formula is C17H24Cl2N2O2. The lowest BCUT2D eigenvalue weighted by Crippen LogP contribution is -2.51. The monoisotopic (exact) mass is 358 g/mol. The summed E-state index contributed by atoms with van der Waals surface area (Å²) < 4.78 is 5.75.